The van der Waals surface area contributed by atoms with Gasteiger partial charge in [0, 0.05) is 5.69 Å². The van der Waals surface area contributed by atoms with Crippen molar-refractivity contribution in [3.8, 4) is 0 Å². The molecule has 1 fully saturated rings. The van der Waals surface area contributed by atoms with E-state index in [1.54, 1.807) is 0 Å². The second-order valence-electron chi connectivity index (χ2n) is 4.14. The van der Waals surface area contributed by atoms with Gasteiger partial charge in [0.15, 0.2) is 0 Å². The first kappa shape index (κ1) is 9.53. The summed E-state index contributed by atoms with van der Waals surface area (Å²) in [5, 5.41) is 3.47. The highest BCUT2D eigenvalue weighted by Crippen LogP contribution is 2.27. The lowest BCUT2D eigenvalue weighted by molar-refractivity contribution is 0.637. The minimum Gasteiger partial charge on any atom is -0.399 e. The van der Waals surface area contributed by atoms with Gasteiger partial charge in [-0.05, 0) is 56.0 Å². The average molecular weight is 190 g/mol. The van der Waals surface area contributed by atoms with Gasteiger partial charge in [0.1, 0.15) is 0 Å². The third kappa shape index (κ3) is 3.04. The van der Waals surface area contributed by atoms with Gasteiger partial charge in [-0.1, -0.05) is 12.1 Å². The van der Waals surface area contributed by atoms with Crippen molar-refractivity contribution in [1.82, 2.24) is 5.32 Å². The van der Waals surface area contributed by atoms with Crippen LogP contribution in [0.15, 0.2) is 24.3 Å². The predicted molar refractivity (Wildman–Crippen MR) is 60.2 cm³/mol. The Hall–Kier alpha value is -1.02. The Morgan fingerprint density at radius 1 is 1.36 bits per heavy atom. The SMILES string of the molecule is Nc1cccc(CCNCC2CC2)c1. The van der Waals surface area contributed by atoms with Gasteiger partial charge >= 0.3 is 0 Å². The Labute approximate surface area is 85.5 Å². The summed E-state index contributed by atoms with van der Waals surface area (Å²) in [4.78, 5) is 0. The number of nitrogen functional groups attached to an aromatic ring is 1. The van der Waals surface area contributed by atoms with Gasteiger partial charge in [-0.25, -0.2) is 0 Å². The van der Waals surface area contributed by atoms with Gasteiger partial charge in [-0.3, -0.25) is 0 Å². The van der Waals surface area contributed by atoms with Crippen LogP contribution in [0.25, 0.3) is 0 Å². The molecular formula is C12H18N2. The molecule has 0 amide bonds. The van der Waals surface area contributed by atoms with Gasteiger partial charge in [-0.2, -0.15) is 0 Å². The van der Waals surface area contributed by atoms with E-state index in [0.29, 0.717) is 0 Å². The van der Waals surface area contributed by atoms with Crippen molar-refractivity contribution >= 4 is 5.69 Å². The lowest BCUT2D eigenvalue weighted by Crippen LogP contribution is -2.19. The molecule has 76 valence electrons. The van der Waals surface area contributed by atoms with Gasteiger partial charge in [0.2, 0.25) is 0 Å². The Bertz CT molecular complexity index is 292. The van der Waals surface area contributed by atoms with Crippen LogP contribution in [0.1, 0.15) is 18.4 Å². The molecule has 1 aliphatic rings. The van der Waals surface area contributed by atoms with E-state index in [1.165, 1.54) is 24.9 Å². The fourth-order valence-electron chi connectivity index (χ4n) is 1.61. The zero-order chi connectivity index (χ0) is 9.80. The van der Waals surface area contributed by atoms with E-state index in [2.05, 4.69) is 17.4 Å². The van der Waals surface area contributed by atoms with Crippen LogP contribution in [0.3, 0.4) is 0 Å². The van der Waals surface area contributed by atoms with Crippen LogP contribution >= 0.6 is 0 Å². The highest BCUT2D eigenvalue weighted by Gasteiger charge is 2.19. The van der Waals surface area contributed by atoms with Gasteiger partial charge < -0.3 is 11.1 Å². The van der Waals surface area contributed by atoms with Crippen molar-refractivity contribution in [2.24, 2.45) is 5.92 Å². The molecular weight excluding hydrogens is 172 g/mol. The molecule has 0 spiro atoms. The molecule has 0 atom stereocenters. The molecule has 0 aromatic heterocycles. The highest BCUT2D eigenvalue weighted by molar-refractivity contribution is 5.40. The number of nitrogens with one attached hydrogen (secondary N) is 1. The van der Waals surface area contributed by atoms with Crippen LogP contribution in [0.5, 0.6) is 0 Å². The van der Waals surface area contributed by atoms with E-state index in [0.717, 1.165) is 24.6 Å². The molecule has 0 radical (unpaired) electrons. The Morgan fingerprint density at radius 3 is 2.93 bits per heavy atom. The minimum atomic E-state index is 0.865. The molecule has 1 aliphatic carbocycles. The first-order valence-electron chi connectivity index (χ1n) is 5.40. The van der Waals surface area contributed by atoms with E-state index < -0.39 is 0 Å². The van der Waals surface area contributed by atoms with E-state index >= 15 is 0 Å². The molecule has 14 heavy (non-hydrogen) atoms. The van der Waals surface area contributed by atoms with Crippen LogP contribution in [0.4, 0.5) is 5.69 Å². The van der Waals surface area contributed by atoms with Crippen molar-refractivity contribution < 1.29 is 0 Å². The maximum absolute atomic E-state index is 5.70. The third-order valence-electron chi connectivity index (χ3n) is 2.67. The molecule has 0 heterocycles. The maximum Gasteiger partial charge on any atom is 0.0316 e. The Morgan fingerprint density at radius 2 is 2.21 bits per heavy atom. The van der Waals surface area contributed by atoms with Crippen molar-refractivity contribution in [2.75, 3.05) is 18.8 Å². The summed E-state index contributed by atoms with van der Waals surface area (Å²) in [6.07, 6.45) is 3.92. The topological polar surface area (TPSA) is 38.0 Å². The van der Waals surface area contributed by atoms with Gasteiger partial charge in [0.25, 0.3) is 0 Å². The minimum absolute atomic E-state index is 0.865. The number of nitrogens with two attached hydrogens (primary N) is 1. The third-order valence-corrected chi connectivity index (χ3v) is 2.67. The maximum atomic E-state index is 5.70. The molecule has 0 saturated heterocycles. The lowest BCUT2D eigenvalue weighted by Gasteiger charge is -2.04. The largest absolute Gasteiger partial charge is 0.399 e. The summed E-state index contributed by atoms with van der Waals surface area (Å²) in [5.74, 6) is 0.968. The first-order chi connectivity index (χ1) is 6.84. The lowest BCUT2D eigenvalue weighted by atomic mass is 10.1. The van der Waals surface area contributed by atoms with Crippen LogP contribution in [0.2, 0.25) is 0 Å². The summed E-state index contributed by atoms with van der Waals surface area (Å²) < 4.78 is 0. The molecule has 1 aromatic carbocycles. The molecule has 1 aromatic rings. The van der Waals surface area contributed by atoms with Crippen LogP contribution in [-0.2, 0) is 6.42 Å². The van der Waals surface area contributed by atoms with E-state index in [-0.39, 0.29) is 0 Å². The van der Waals surface area contributed by atoms with Gasteiger partial charge in [0.05, 0.1) is 0 Å². The highest BCUT2D eigenvalue weighted by atomic mass is 14.9. The molecule has 0 bridgehead atoms. The van der Waals surface area contributed by atoms with E-state index in [4.69, 9.17) is 5.73 Å². The second kappa shape index (κ2) is 4.47. The van der Waals surface area contributed by atoms with Crippen LogP contribution < -0.4 is 11.1 Å². The standard InChI is InChI=1S/C12H18N2/c13-12-3-1-2-10(8-12)6-7-14-9-11-4-5-11/h1-3,8,11,14H,4-7,9,13H2. The second-order valence-corrected chi connectivity index (χ2v) is 4.14. The van der Waals surface area contributed by atoms with Crippen molar-refractivity contribution in [2.45, 2.75) is 19.3 Å². The monoisotopic (exact) mass is 190 g/mol. The summed E-state index contributed by atoms with van der Waals surface area (Å²) >= 11 is 0. The number of hydrogen-bond donors (Lipinski definition) is 2. The average Bonchev–Trinajstić information content (AvgIpc) is 2.96. The summed E-state index contributed by atoms with van der Waals surface area (Å²) in [6, 6.07) is 8.14. The van der Waals surface area contributed by atoms with E-state index in [9.17, 15) is 0 Å². The fourth-order valence-corrected chi connectivity index (χ4v) is 1.61. The molecule has 1 saturated carbocycles. The summed E-state index contributed by atoms with van der Waals surface area (Å²) in [7, 11) is 0. The van der Waals surface area contributed by atoms with Crippen LogP contribution in [-0.4, -0.2) is 13.1 Å². The smallest absolute Gasteiger partial charge is 0.0316 e. The normalized spacial score (nSPS) is 15.7. The molecule has 2 rings (SSSR count). The summed E-state index contributed by atoms with van der Waals surface area (Å²) in [5.41, 5.74) is 7.89. The molecule has 2 heteroatoms. The zero-order valence-electron chi connectivity index (χ0n) is 8.50. The number of hydrogen-bond acceptors (Lipinski definition) is 2. The molecule has 0 aliphatic heterocycles. The summed E-state index contributed by atoms with van der Waals surface area (Å²) in [6.45, 7) is 2.27. The van der Waals surface area contributed by atoms with Crippen molar-refractivity contribution in [3.05, 3.63) is 29.8 Å². The number of benzene rings is 1. The van der Waals surface area contributed by atoms with Crippen molar-refractivity contribution in [1.29, 1.82) is 0 Å². The fraction of sp³-hybridized carbons (Fsp3) is 0.500. The number of rotatable bonds is 5. The molecule has 0 unspecified atom stereocenters. The van der Waals surface area contributed by atoms with Gasteiger partial charge in [-0.15, -0.1) is 0 Å². The predicted octanol–water partition coefficient (Wildman–Crippen LogP) is 1.81. The number of anilines is 1. The van der Waals surface area contributed by atoms with E-state index in [1.807, 2.05) is 12.1 Å². The first-order valence-corrected chi connectivity index (χ1v) is 5.40. The van der Waals surface area contributed by atoms with Crippen LogP contribution in [0, 0.1) is 5.92 Å². The quantitative estimate of drug-likeness (QED) is 0.549. The zero-order valence-corrected chi connectivity index (χ0v) is 8.50. The molecule has 3 N–H and O–H groups in total. The Balaban J connectivity index is 1.68. The Kier molecular flexibility index (Phi) is 3.04. The molecule has 2 nitrogen and oxygen atoms in total. The van der Waals surface area contributed by atoms with Crippen molar-refractivity contribution in [3.63, 3.8) is 0 Å².